The van der Waals surface area contributed by atoms with Crippen LogP contribution in [0.15, 0.2) is 72.9 Å². The number of allylic oxidation sites excluding steroid dienone is 12. The van der Waals surface area contributed by atoms with Gasteiger partial charge in [-0.3, -0.25) is 4.79 Å². The summed E-state index contributed by atoms with van der Waals surface area (Å²) in [6, 6.07) is 0. The van der Waals surface area contributed by atoms with Crippen molar-refractivity contribution < 1.29 is 19.4 Å². The Morgan fingerprint density at radius 3 is 1.36 bits per heavy atom. The largest absolute Gasteiger partial charge is 0.457 e. The number of carbonyl (C=O) groups is 1. The molecule has 0 bridgehead atoms. The van der Waals surface area contributed by atoms with Crippen LogP contribution in [-0.4, -0.2) is 37.0 Å². The van der Waals surface area contributed by atoms with Crippen molar-refractivity contribution in [2.75, 3.05) is 19.8 Å². The van der Waals surface area contributed by atoms with Crippen molar-refractivity contribution in [3.8, 4) is 0 Å². The van der Waals surface area contributed by atoms with Gasteiger partial charge in [-0.15, -0.1) is 0 Å². The third-order valence-corrected chi connectivity index (χ3v) is 8.77. The maximum atomic E-state index is 12.2. The zero-order valence-electron chi connectivity index (χ0n) is 32.9. The molecule has 0 rings (SSSR count). The van der Waals surface area contributed by atoms with Gasteiger partial charge in [0.25, 0.3) is 0 Å². The van der Waals surface area contributed by atoms with Crippen LogP contribution in [0.2, 0.25) is 0 Å². The van der Waals surface area contributed by atoms with E-state index >= 15 is 0 Å². The predicted molar refractivity (Wildman–Crippen MR) is 219 cm³/mol. The molecular formula is C46H80O4. The second kappa shape index (κ2) is 43.0. The molecule has 4 heteroatoms. The van der Waals surface area contributed by atoms with E-state index in [0.29, 0.717) is 13.0 Å². The molecule has 1 atom stereocenters. The summed E-state index contributed by atoms with van der Waals surface area (Å²) in [5.41, 5.74) is 0. The molecule has 0 saturated carbocycles. The molecule has 1 N–H and O–H groups in total. The Labute approximate surface area is 310 Å². The molecule has 0 aliphatic rings. The second-order valence-corrected chi connectivity index (χ2v) is 13.7. The molecule has 0 aliphatic carbocycles. The molecule has 0 saturated heterocycles. The Bertz CT molecular complexity index is 865. The molecule has 288 valence electrons. The molecule has 0 heterocycles. The Morgan fingerprint density at radius 2 is 0.900 bits per heavy atom. The second-order valence-electron chi connectivity index (χ2n) is 13.7. The van der Waals surface area contributed by atoms with E-state index in [1.54, 1.807) is 0 Å². The Balaban J connectivity index is 3.50. The van der Waals surface area contributed by atoms with E-state index in [1.807, 2.05) is 0 Å². The van der Waals surface area contributed by atoms with E-state index in [9.17, 15) is 9.90 Å². The third-order valence-electron chi connectivity index (χ3n) is 8.77. The van der Waals surface area contributed by atoms with E-state index in [-0.39, 0.29) is 19.2 Å². The molecule has 0 aromatic rings. The summed E-state index contributed by atoms with van der Waals surface area (Å²) in [7, 11) is 0. The fraction of sp³-hybridized carbons (Fsp3) is 0.717. The van der Waals surface area contributed by atoms with Gasteiger partial charge in [0.05, 0.1) is 13.2 Å². The summed E-state index contributed by atoms with van der Waals surface area (Å²) in [4.78, 5) is 12.2. The maximum absolute atomic E-state index is 12.2. The Morgan fingerprint density at radius 1 is 0.500 bits per heavy atom. The van der Waals surface area contributed by atoms with Crippen LogP contribution in [0.5, 0.6) is 0 Å². The van der Waals surface area contributed by atoms with Crippen LogP contribution in [0.4, 0.5) is 0 Å². The minimum absolute atomic E-state index is 0.183. The van der Waals surface area contributed by atoms with Crippen molar-refractivity contribution in [1.29, 1.82) is 0 Å². The number of aliphatic hydroxyl groups excluding tert-OH is 1. The SMILES string of the molecule is CC/C=C\C/C=C\C/C=C\C/C=C\CCCCCCCCC(=O)OC(CO)COCCCCCCCCCC/C=C\C/C=C\CCCCCC. The molecule has 0 amide bonds. The van der Waals surface area contributed by atoms with Gasteiger partial charge in [0.1, 0.15) is 6.10 Å². The first-order chi connectivity index (χ1) is 24.7. The van der Waals surface area contributed by atoms with Crippen molar-refractivity contribution in [1.82, 2.24) is 0 Å². The minimum atomic E-state index is -0.549. The molecule has 0 fully saturated rings. The first kappa shape index (κ1) is 47.8. The predicted octanol–water partition coefficient (Wildman–Crippen LogP) is 13.8. The van der Waals surface area contributed by atoms with Gasteiger partial charge in [0.2, 0.25) is 0 Å². The van der Waals surface area contributed by atoms with Crippen molar-refractivity contribution in [2.45, 2.75) is 193 Å². The first-order valence-electron chi connectivity index (χ1n) is 21.0. The van der Waals surface area contributed by atoms with E-state index in [0.717, 1.165) is 64.2 Å². The van der Waals surface area contributed by atoms with E-state index in [2.05, 4.69) is 86.8 Å². The Hall–Kier alpha value is -2.17. The minimum Gasteiger partial charge on any atom is -0.457 e. The van der Waals surface area contributed by atoms with Gasteiger partial charge >= 0.3 is 5.97 Å². The molecule has 50 heavy (non-hydrogen) atoms. The lowest BCUT2D eigenvalue weighted by molar-refractivity contribution is -0.154. The Kier molecular flexibility index (Phi) is 41.1. The van der Waals surface area contributed by atoms with E-state index in [4.69, 9.17) is 9.47 Å². The van der Waals surface area contributed by atoms with Crippen LogP contribution in [0.25, 0.3) is 0 Å². The molecule has 0 aromatic heterocycles. The molecule has 4 nitrogen and oxygen atoms in total. The topological polar surface area (TPSA) is 55.8 Å². The van der Waals surface area contributed by atoms with Crippen LogP contribution < -0.4 is 0 Å². The van der Waals surface area contributed by atoms with Crippen molar-refractivity contribution in [2.24, 2.45) is 0 Å². The number of rotatable bonds is 38. The highest BCUT2D eigenvalue weighted by Crippen LogP contribution is 2.12. The van der Waals surface area contributed by atoms with Crippen molar-refractivity contribution in [3.63, 3.8) is 0 Å². The lowest BCUT2D eigenvalue weighted by Gasteiger charge is -2.15. The summed E-state index contributed by atoms with van der Waals surface area (Å²) >= 11 is 0. The van der Waals surface area contributed by atoms with E-state index < -0.39 is 6.10 Å². The van der Waals surface area contributed by atoms with Gasteiger partial charge in [-0.25, -0.2) is 0 Å². The number of aliphatic hydroxyl groups is 1. The van der Waals surface area contributed by atoms with Crippen LogP contribution in [0.1, 0.15) is 187 Å². The third kappa shape index (κ3) is 40.3. The molecule has 0 aliphatic heterocycles. The summed E-state index contributed by atoms with van der Waals surface area (Å²) in [6.07, 6.45) is 58.1. The van der Waals surface area contributed by atoms with Gasteiger partial charge in [-0.05, 0) is 83.5 Å². The smallest absolute Gasteiger partial charge is 0.306 e. The zero-order valence-corrected chi connectivity index (χ0v) is 32.9. The first-order valence-corrected chi connectivity index (χ1v) is 21.0. The molecule has 0 radical (unpaired) electrons. The number of unbranched alkanes of at least 4 members (excludes halogenated alkanes) is 18. The van der Waals surface area contributed by atoms with Gasteiger partial charge in [0, 0.05) is 13.0 Å². The molecule has 0 spiro atoms. The number of carbonyl (C=O) groups excluding carboxylic acids is 1. The van der Waals surface area contributed by atoms with Crippen molar-refractivity contribution >= 4 is 5.97 Å². The van der Waals surface area contributed by atoms with E-state index in [1.165, 1.54) is 103 Å². The number of hydrogen-bond donors (Lipinski definition) is 1. The monoisotopic (exact) mass is 697 g/mol. The van der Waals surface area contributed by atoms with Crippen molar-refractivity contribution in [3.05, 3.63) is 72.9 Å². The van der Waals surface area contributed by atoms with Crippen LogP contribution >= 0.6 is 0 Å². The van der Waals surface area contributed by atoms with Gasteiger partial charge in [-0.2, -0.15) is 0 Å². The maximum Gasteiger partial charge on any atom is 0.306 e. The summed E-state index contributed by atoms with van der Waals surface area (Å²) < 4.78 is 11.1. The summed E-state index contributed by atoms with van der Waals surface area (Å²) in [5.74, 6) is -0.219. The van der Waals surface area contributed by atoms with Crippen LogP contribution in [0.3, 0.4) is 0 Å². The average Bonchev–Trinajstić information content (AvgIpc) is 3.12. The fourth-order valence-electron chi connectivity index (χ4n) is 5.64. The quantitative estimate of drug-likeness (QED) is 0.0397. The standard InChI is InChI=1S/C46H80O4/c1-3-5-7-9-11-13-15-17-19-21-23-25-27-29-31-33-35-37-39-41-46(48)50-45(43-47)44-49-42-40-38-36-34-32-30-28-26-24-22-20-18-16-14-12-10-8-6-4-2/h5,7,11,13-14,16-17,19-20,22-23,25,45,47H,3-4,6,8-10,12,15,18,21,24,26-44H2,1-2H3/b7-5-,13-11-,16-14-,19-17-,22-20-,25-23-. The molecule has 0 aromatic carbocycles. The normalized spacial score (nSPS) is 13.1. The number of hydrogen-bond acceptors (Lipinski definition) is 4. The number of esters is 1. The fourth-order valence-corrected chi connectivity index (χ4v) is 5.64. The molecular weight excluding hydrogens is 617 g/mol. The van der Waals surface area contributed by atoms with Crippen LogP contribution in [-0.2, 0) is 14.3 Å². The lowest BCUT2D eigenvalue weighted by atomic mass is 10.1. The lowest BCUT2D eigenvalue weighted by Crippen LogP contribution is -2.27. The van der Waals surface area contributed by atoms with Gasteiger partial charge in [-0.1, -0.05) is 170 Å². The van der Waals surface area contributed by atoms with Gasteiger partial charge in [0.15, 0.2) is 0 Å². The highest BCUT2D eigenvalue weighted by Gasteiger charge is 2.13. The highest BCUT2D eigenvalue weighted by atomic mass is 16.6. The van der Waals surface area contributed by atoms with Crippen LogP contribution in [0, 0.1) is 0 Å². The van der Waals surface area contributed by atoms with Gasteiger partial charge < -0.3 is 14.6 Å². The number of ether oxygens (including phenoxy) is 2. The zero-order chi connectivity index (χ0) is 36.3. The summed E-state index contributed by atoms with van der Waals surface area (Å²) in [6.45, 7) is 5.19. The summed E-state index contributed by atoms with van der Waals surface area (Å²) in [5, 5.41) is 9.60. The molecule has 1 unspecified atom stereocenters. The average molecular weight is 697 g/mol. The highest BCUT2D eigenvalue weighted by molar-refractivity contribution is 5.69.